The maximum atomic E-state index is 12.5. The lowest BCUT2D eigenvalue weighted by Crippen LogP contribution is -2.63. The Morgan fingerprint density at radius 2 is 2.10 bits per heavy atom. The molecule has 2 aliphatic heterocycles. The van der Waals surface area contributed by atoms with E-state index in [4.69, 9.17) is 0 Å². The minimum Gasteiger partial charge on any atom is -0.358 e. The maximum absolute atomic E-state index is 12.5. The van der Waals surface area contributed by atoms with Crippen LogP contribution in [0.5, 0.6) is 0 Å². The van der Waals surface area contributed by atoms with E-state index in [0.29, 0.717) is 6.54 Å². The first kappa shape index (κ1) is 14.1. The molecule has 3 rings (SSSR count). The summed E-state index contributed by atoms with van der Waals surface area (Å²) in [7, 11) is 3.55. The van der Waals surface area contributed by atoms with Crippen molar-refractivity contribution in [1.82, 2.24) is 19.7 Å². The van der Waals surface area contributed by atoms with E-state index >= 15 is 0 Å². The van der Waals surface area contributed by atoms with E-state index < -0.39 is 0 Å². The van der Waals surface area contributed by atoms with Gasteiger partial charge in [-0.3, -0.25) is 14.5 Å². The summed E-state index contributed by atoms with van der Waals surface area (Å²) in [4.78, 5) is 28.2. The van der Waals surface area contributed by atoms with Gasteiger partial charge in [-0.25, -0.2) is 0 Å². The number of carbonyl (C=O) groups is 2. The van der Waals surface area contributed by atoms with Crippen molar-refractivity contribution in [2.45, 2.75) is 18.4 Å². The number of rotatable bonds is 3. The first-order valence-electron chi connectivity index (χ1n) is 7.42. The highest BCUT2D eigenvalue weighted by Crippen LogP contribution is 2.39. The third kappa shape index (κ3) is 2.33. The first-order chi connectivity index (χ1) is 10.1. The predicted molar refractivity (Wildman–Crippen MR) is 78.9 cm³/mol. The van der Waals surface area contributed by atoms with Gasteiger partial charge in [0.2, 0.25) is 5.91 Å². The minimum atomic E-state index is 0.0212. The molecule has 2 saturated heterocycles. The van der Waals surface area contributed by atoms with E-state index in [-0.39, 0.29) is 17.4 Å². The Morgan fingerprint density at radius 1 is 1.33 bits per heavy atom. The molecule has 3 heterocycles. The highest BCUT2D eigenvalue weighted by Gasteiger charge is 2.50. The van der Waals surface area contributed by atoms with Gasteiger partial charge in [0.1, 0.15) is 5.69 Å². The zero-order chi connectivity index (χ0) is 15.0. The molecule has 0 radical (unpaired) electrons. The lowest BCUT2D eigenvalue weighted by molar-refractivity contribution is -0.126. The second-order valence-corrected chi connectivity index (χ2v) is 6.05. The van der Waals surface area contributed by atoms with Crippen LogP contribution in [-0.2, 0) is 11.8 Å². The van der Waals surface area contributed by atoms with Crippen molar-refractivity contribution in [2.24, 2.45) is 7.05 Å². The summed E-state index contributed by atoms with van der Waals surface area (Å²) in [6.45, 7) is 2.88. The zero-order valence-corrected chi connectivity index (χ0v) is 12.6. The summed E-state index contributed by atoms with van der Waals surface area (Å²) in [5.41, 5.74) is 0.747. The molecule has 114 valence electrons. The van der Waals surface area contributed by atoms with Gasteiger partial charge >= 0.3 is 0 Å². The van der Waals surface area contributed by atoms with Gasteiger partial charge in [-0.15, -0.1) is 0 Å². The maximum Gasteiger partial charge on any atom is 0.270 e. The molecule has 2 aliphatic rings. The standard InChI is InChI=1S/C15H22N4O2/c1-16-13(20)10-19-9-6-15(19)5-8-18(11-15)14(21)12-4-3-7-17(12)2/h3-4,7H,5-6,8-11H2,1-2H3,(H,16,20). The van der Waals surface area contributed by atoms with Crippen LogP contribution >= 0.6 is 0 Å². The number of carbonyl (C=O) groups excluding carboxylic acids is 2. The first-order valence-corrected chi connectivity index (χ1v) is 7.42. The lowest BCUT2D eigenvalue weighted by atomic mass is 9.83. The molecule has 0 saturated carbocycles. The zero-order valence-electron chi connectivity index (χ0n) is 12.6. The van der Waals surface area contributed by atoms with E-state index in [0.717, 1.165) is 38.2 Å². The molecule has 2 amide bonds. The molecule has 1 spiro atoms. The largest absolute Gasteiger partial charge is 0.358 e. The predicted octanol–water partition coefficient (Wildman–Crippen LogP) is 0.0615. The van der Waals surface area contributed by atoms with Crippen molar-refractivity contribution in [2.75, 3.05) is 33.2 Å². The van der Waals surface area contributed by atoms with Crippen LogP contribution in [-0.4, -0.2) is 64.9 Å². The van der Waals surface area contributed by atoms with Crippen molar-refractivity contribution in [1.29, 1.82) is 0 Å². The number of likely N-dealkylation sites (tertiary alicyclic amines) is 2. The van der Waals surface area contributed by atoms with Crippen molar-refractivity contribution in [3.63, 3.8) is 0 Å². The fourth-order valence-corrected chi connectivity index (χ4v) is 3.42. The van der Waals surface area contributed by atoms with Gasteiger partial charge < -0.3 is 14.8 Å². The number of hydrogen-bond donors (Lipinski definition) is 1. The van der Waals surface area contributed by atoms with Crippen molar-refractivity contribution < 1.29 is 9.59 Å². The minimum absolute atomic E-state index is 0.0212. The third-order valence-electron chi connectivity index (χ3n) is 4.91. The lowest BCUT2D eigenvalue weighted by Gasteiger charge is -2.50. The molecule has 1 unspecified atom stereocenters. The second-order valence-electron chi connectivity index (χ2n) is 6.05. The highest BCUT2D eigenvalue weighted by molar-refractivity contribution is 5.93. The molecule has 0 bridgehead atoms. The number of likely N-dealkylation sites (N-methyl/N-ethyl adjacent to an activating group) is 1. The summed E-state index contributed by atoms with van der Waals surface area (Å²) in [6.07, 6.45) is 3.92. The van der Waals surface area contributed by atoms with Crippen molar-refractivity contribution in [3.8, 4) is 0 Å². The summed E-state index contributed by atoms with van der Waals surface area (Å²) in [5.74, 6) is 0.132. The van der Waals surface area contributed by atoms with Crippen LogP contribution in [0.1, 0.15) is 23.3 Å². The SMILES string of the molecule is CNC(=O)CN1CCC12CCN(C(=O)c1cccn1C)C2. The van der Waals surface area contributed by atoms with E-state index in [9.17, 15) is 9.59 Å². The molecular formula is C15H22N4O2. The number of aryl methyl sites for hydroxylation is 1. The number of hydrogen-bond acceptors (Lipinski definition) is 3. The van der Waals surface area contributed by atoms with Crippen LogP contribution in [0.4, 0.5) is 0 Å². The monoisotopic (exact) mass is 290 g/mol. The van der Waals surface area contributed by atoms with E-state index in [1.165, 1.54) is 0 Å². The Morgan fingerprint density at radius 3 is 2.67 bits per heavy atom. The second kappa shape index (κ2) is 5.18. The van der Waals surface area contributed by atoms with Gasteiger partial charge in [0.25, 0.3) is 5.91 Å². The Labute approximate surface area is 124 Å². The molecule has 0 aromatic carbocycles. The number of nitrogens with zero attached hydrogens (tertiary/aromatic N) is 3. The summed E-state index contributed by atoms with van der Waals surface area (Å²) < 4.78 is 1.86. The fraction of sp³-hybridized carbons (Fsp3) is 0.600. The Bertz CT molecular complexity index is 568. The fourth-order valence-electron chi connectivity index (χ4n) is 3.42. The third-order valence-corrected chi connectivity index (χ3v) is 4.91. The molecular weight excluding hydrogens is 268 g/mol. The molecule has 1 N–H and O–H groups in total. The molecule has 1 aromatic heterocycles. The van der Waals surface area contributed by atoms with Crippen LogP contribution in [0, 0.1) is 0 Å². The van der Waals surface area contributed by atoms with Gasteiger partial charge in [0.05, 0.1) is 6.54 Å². The molecule has 2 fully saturated rings. The van der Waals surface area contributed by atoms with E-state index in [2.05, 4.69) is 10.2 Å². The van der Waals surface area contributed by atoms with E-state index in [1.807, 2.05) is 34.8 Å². The summed E-state index contributed by atoms with van der Waals surface area (Å²) >= 11 is 0. The van der Waals surface area contributed by atoms with Gasteiger partial charge in [-0.2, -0.15) is 0 Å². The number of nitrogens with one attached hydrogen (secondary N) is 1. The summed E-state index contributed by atoms with van der Waals surface area (Å²) in [6, 6.07) is 3.75. The molecule has 21 heavy (non-hydrogen) atoms. The average molecular weight is 290 g/mol. The smallest absolute Gasteiger partial charge is 0.270 e. The molecule has 0 aliphatic carbocycles. The topological polar surface area (TPSA) is 57.6 Å². The number of aromatic nitrogens is 1. The van der Waals surface area contributed by atoms with E-state index in [1.54, 1.807) is 7.05 Å². The Kier molecular flexibility index (Phi) is 3.49. The normalized spacial score (nSPS) is 25.1. The Hall–Kier alpha value is -1.82. The van der Waals surface area contributed by atoms with Crippen molar-refractivity contribution >= 4 is 11.8 Å². The molecule has 1 atom stereocenters. The summed E-state index contributed by atoms with van der Waals surface area (Å²) in [5, 5.41) is 2.67. The van der Waals surface area contributed by atoms with Crippen LogP contribution in [0.3, 0.4) is 0 Å². The Balaban J connectivity index is 1.67. The van der Waals surface area contributed by atoms with Gasteiger partial charge in [-0.05, 0) is 25.0 Å². The number of amides is 2. The van der Waals surface area contributed by atoms with Gasteiger partial charge in [-0.1, -0.05) is 0 Å². The quantitative estimate of drug-likeness (QED) is 0.856. The van der Waals surface area contributed by atoms with Crippen molar-refractivity contribution in [3.05, 3.63) is 24.0 Å². The van der Waals surface area contributed by atoms with Crippen LogP contribution in [0.15, 0.2) is 18.3 Å². The van der Waals surface area contributed by atoms with Gasteiger partial charge in [0, 0.05) is 45.5 Å². The average Bonchev–Trinajstić information content (AvgIpc) is 3.10. The van der Waals surface area contributed by atoms with Crippen LogP contribution in [0.2, 0.25) is 0 Å². The highest BCUT2D eigenvalue weighted by atomic mass is 16.2. The van der Waals surface area contributed by atoms with Crippen LogP contribution in [0.25, 0.3) is 0 Å². The molecule has 1 aromatic rings. The molecule has 6 nitrogen and oxygen atoms in total. The van der Waals surface area contributed by atoms with Gasteiger partial charge in [0.15, 0.2) is 0 Å². The molecule has 6 heteroatoms. The van der Waals surface area contributed by atoms with Crippen LogP contribution < -0.4 is 5.32 Å².